The van der Waals surface area contributed by atoms with E-state index in [1.54, 1.807) is 50.6 Å². The number of phenolic OH excluding ortho intramolecular Hbond substituents is 1. The van der Waals surface area contributed by atoms with Crippen molar-refractivity contribution < 1.29 is 14.6 Å². The summed E-state index contributed by atoms with van der Waals surface area (Å²) in [5.41, 5.74) is 0. The van der Waals surface area contributed by atoms with Crippen molar-refractivity contribution in [1.29, 1.82) is 0 Å². The average Bonchev–Trinajstić information content (AvgIpc) is 2.33. The van der Waals surface area contributed by atoms with Crippen molar-refractivity contribution in [3.63, 3.8) is 0 Å². The third kappa shape index (κ3) is 20.5. The highest BCUT2D eigenvalue weighted by atomic mass is 16.5. The molecule has 0 amide bonds. The van der Waals surface area contributed by atoms with Gasteiger partial charge in [0.05, 0.1) is 13.2 Å². The molecule has 3 nitrogen and oxygen atoms in total. The van der Waals surface area contributed by atoms with Crippen molar-refractivity contribution in [3.8, 4) is 5.75 Å². The zero-order chi connectivity index (χ0) is 13.4. The number of phenols is 1. The van der Waals surface area contributed by atoms with E-state index in [0.29, 0.717) is 19.0 Å². The zero-order valence-corrected chi connectivity index (χ0v) is 10.6. The summed E-state index contributed by atoms with van der Waals surface area (Å²) in [6.45, 7) is 8.18. The molecule has 0 bridgehead atoms. The van der Waals surface area contributed by atoms with Crippen LogP contribution in [0.15, 0.2) is 55.6 Å². The summed E-state index contributed by atoms with van der Waals surface area (Å²) in [6.07, 6.45) is 3.42. The molecule has 0 aliphatic heterocycles. The largest absolute Gasteiger partial charge is 0.508 e. The quantitative estimate of drug-likeness (QED) is 0.647. The predicted octanol–water partition coefficient (Wildman–Crippen LogP) is 3.03. The molecule has 3 heteroatoms. The Balaban J connectivity index is 0. The van der Waals surface area contributed by atoms with Crippen molar-refractivity contribution >= 4 is 0 Å². The van der Waals surface area contributed by atoms with Gasteiger partial charge in [-0.3, -0.25) is 0 Å². The highest BCUT2D eigenvalue weighted by molar-refractivity contribution is 5.18. The van der Waals surface area contributed by atoms with Gasteiger partial charge in [0.15, 0.2) is 0 Å². The van der Waals surface area contributed by atoms with E-state index in [0.717, 1.165) is 0 Å². The Morgan fingerprint density at radius 2 is 1.47 bits per heavy atom. The van der Waals surface area contributed by atoms with E-state index in [4.69, 9.17) is 9.84 Å². The van der Waals surface area contributed by atoms with Crippen LogP contribution in [0, 0.1) is 0 Å². The average molecular weight is 238 g/mol. The summed E-state index contributed by atoms with van der Waals surface area (Å²) in [4.78, 5) is 0. The van der Waals surface area contributed by atoms with Crippen LogP contribution in [0.4, 0.5) is 0 Å². The van der Waals surface area contributed by atoms with E-state index >= 15 is 0 Å². The molecule has 0 aliphatic rings. The standard InChI is InChI=1S/C6H6O.C6H10O.C2H6O/c7-6-4-2-1-3-5-6;1-3-5-7-6-4-2;1-3-2/h1-5,7H;3-4H,1-2,5-6H2;1-2H3. The van der Waals surface area contributed by atoms with Gasteiger partial charge in [-0.25, -0.2) is 0 Å². The predicted molar refractivity (Wildman–Crippen MR) is 72.3 cm³/mol. The molecular weight excluding hydrogens is 216 g/mol. The maximum Gasteiger partial charge on any atom is 0.115 e. The lowest BCUT2D eigenvalue weighted by molar-refractivity contribution is 0.194. The van der Waals surface area contributed by atoms with Crippen LogP contribution >= 0.6 is 0 Å². The summed E-state index contributed by atoms with van der Waals surface area (Å²) in [5, 5.41) is 8.63. The van der Waals surface area contributed by atoms with Crippen molar-refractivity contribution in [3.05, 3.63) is 55.6 Å². The van der Waals surface area contributed by atoms with Crippen LogP contribution < -0.4 is 0 Å². The highest BCUT2D eigenvalue weighted by Gasteiger charge is 1.74. The molecular formula is C14H22O3. The number of hydrogen-bond donors (Lipinski definition) is 1. The van der Waals surface area contributed by atoms with E-state index in [2.05, 4.69) is 17.9 Å². The maximum atomic E-state index is 8.63. The Morgan fingerprint density at radius 1 is 1.06 bits per heavy atom. The number of benzene rings is 1. The minimum absolute atomic E-state index is 0.322. The second kappa shape index (κ2) is 16.8. The minimum atomic E-state index is 0.322. The Bertz CT molecular complexity index is 249. The van der Waals surface area contributed by atoms with Crippen molar-refractivity contribution in [2.45, 2.75) is 0 Å². The monoisotopic (exact) mass is 238 g/mol. The molecule has 0 saturated heterocycles. The Labute approximate surface area is 104 Å². The van der Waals surface area contributed by atoms with E-state index in [1.807, 2.05) is 6.07 Å². The smallest absolute Gasteiger partial charge is 0.115 e. The van der Waals surface area contributed by atoms with E-state index in [1.165, 1.54) is 0 Å². The Kier molecular flexibility index (Phi) is 17.6. The van der Waals surface area contributed by atoms with E-state index in [9.17, 15) is 0 Å². The maximum absolute atomic E-state index is 8.63. The summed E-state index contributed by atoms with van der Waals surface area (Å²) in [7, 11) is 3.25. The Hall–Kier alpha value is -1.58. The first-order valence-electron chi connectivity index (χ1n) is 5.16. The third-order valence-electron chi connectivity index (χ3n) is 1.23. The molecule has 17 heavy (non-hydrogen) atoms. The zero-order valence-electron chi connectivity index (χ0n) is 10.6. The highest BCUT2D eigenvalue weighted by Crippen LogP contribution is 2.02. The van der Waals surface area contributed by atoms with Crippen LogP contribution in [0.2, 0.25) is 0 Å². The molecule has 0 radical (unpaired) electrons. The van der Waals surface area contributed by atoms with Gasteiger partial charge in [0.25, 0.3) is 0 Å². The van der Waals surface area contributed by atoms with Gasteiger partial charge in [-0.1, -0.05) is 30.4 Å². The Morgan fingerprint density at radius 3 is 1.71 bits per heavy atom. The molecule has 0 heterocycles. The molecule has 1 rings (SSSR count). The summed E-state index contributed by atoms with van der Waals surface area (Å²) >= 11 is 0. The number of ether oxygens (including phenoxy) is 2. The molecule has 0 saturated carbocycles. The molecule has 1 aromatic rings. The van der Waals surface area contributed by atoms with Crippen LogP contribution in [0.3, 0.4) is 0 Å². The van der Waals surface area contributed by atoms with Gasteiger partial charge in [0.2, 0.25) is 0 Å². The summed E-state index contributed by atoms with van der Waals surface area (Å²) in [6, 6.07) is 8.71. The third-order valence-corrected chi connectivity index (χ3v) is 1.23. The fourth-order valence-electron chi connectivity index (χ4n) is 0.663. The SMILES string of the molecule is C=CCOCC=C.COC.Oc1ccccc1. The molecule has 0 aliphatic carbocycles. The van der Waals surface area contributed by atoms with Crippen molar-refractivity contribution in [2.75, 3.05) is 27.4 Å². The molecule has 1 N–H and O–H groups in total. The van der Waals surface area contributed by atoms with Gasteiger partial charge in [-0.2, -0.15) is 0 Å². The number of methoxy groups -OCH3 is 1. The first-order valence-corrected chi connectivity index (χ1v) is 5.16. The fraction of sp³-hybridized carbons (Fsp3) is 0.286. The second-order valence-corrected chi connectivity index (χ2v) is 2.86. The number of aromatic hydroxyl groups is 1. The normalized spacial score (nSPS) is 7.88. The van der Waals surface area contributed by atoms with Gasteiger partial charge < -0.3 is 14.6 Å². The van der Waals surface area contributed by atoms with Gasteiger partial charge in [0, 0.05) is 14.2 Å². The minimum Gasteiger partial charge on any atom is -0.508 e. The van der Waals surface area contributed by atoms with Gasteiger partial charge in [-0.05, 0) is 12.1 Å². The molecule has 1 aromatic carbocycles. The van der Waals surface area contributed by atoms with E-state index < -0.39 is 0 Å². The van der Waals surface area contributed by atoms with Crippen LogP contribution in [-0.4, -0.2) is 32.5 Å². The van der Waals surface area contributed by atoms with Crippen LogP contribution in [-0.2, 0) is 9.47 Å². The summed E-state index contributed by atoms with van der Waals surface area (Å²) in [5.74, 6) is 0.322. The second-order valence-electron chi connectivity index (χ2n) is 2.86. The molecule has 96 valence electrons. The lowest BCUT2D eigenvalue weighted by Gasteiger charge is -1.89. The van der Waals surface area contributed by atoms with Crippen LogP contribution in [0.5, 0.6) is 5.75 Å². The molecule has 0 spiro atoms. The number of para-hydroxylation sites is 1. The lowest BCUT2D eigenvalue weighted by atomic mass is 10.3. The topological polar surface area (TPSA) is 38.7 Å². The number of rotatable bonds is 4. The first kappa shape index (κ1) is 17.8. The molecule has 0 aromatic heterocycles. The number of hydrogen-bond acceptors (Lipinski definition) is 3. The van der Waals surface area contributed by atoms with Gasteiger partial charge in [0.1, 0.15) is 5.75 Å². The summed E-state index contributed by atoms with van der Waals surface area (Å²) < 4.78 is 9.15. The fourth-order valence-corrected chi connectivity index (χ4v) is 0.663. The lowest BCUT2D eigenvalue weighted by Crippen LogP contribution is -1.87. The van der Waals surface area contributed by atoms with Crippen molar-refractivity contribution in [1.82, 2.24) is 0 Å². The molecule has 0 atom stereocenters. The van der Waals surface area contributed by atoms with E-state index in [-0.39, 0.29) is 0 Å². The molecule has 0 fully saturated rings. The van der Waals surface area contributed by atoms with Crippen LogP contribution in [0.1, 0.15) is 0 Å². The van der Waals surface area contributed by atoms with Crippen molar-refractivity contribution in [2.24, 2.45) is 0 Å². The van der Waals surface area contributed by atoms with Gasteiger partial charge >= 0.3 is 0 Å². The van der Waals surface area contributed by atoms with Crippen LogP contribution in [0.25, 0.3) is 0 Å². The van der Waals surface area contributed by atoms with Gasteiger partial charge in [-0.15, -0.1) is 13.2 Å². The first-order chi connectivity index (χ1) is 8.22. The molecule has 0 unspecified atom stereocenters.